The van der Waals surface area contributed by atoms with Gasteiger partial charge in [-0.1, -0.05) is 30.3 Å². The van der Waals surface area contributed by atoms with E-state index in [2.05, 4.69) is 15.4 Å². The van der Waals surface area contributed by atoms with Gasteiger partial charge >= 0.3 is 6.18 Å². The molecule has 4 rings (SSSR count). The number of pyridine rings is 1. The lowest BCUT2D eigenvalue weighted by molar-refractivity contribution is -0.141. The van der Waals surface area contributed by atoms with Crippen LogP contribution in [0.25, 0.3) is 22.0 Å². The summed E-state index contributed by atoms with van der Waals surface area (Å²) in [7, 11) is 1.29. The highest BCUT2D eigenvalue weighted by Crippen LogP contribution is 2.42. The number of para-hydroxylation sites is 1. The van der Waals surface area contributed by atoms with Gasteiger partial charge in [0.15, 0.2) is 5.69 Å². The van der Waals surface area contributed by atoms with Crippen LogP contribution >= 0.6 is 0 Å². The van der Waals surface area contributed by atoms with Crippen molar-refractivity contribution in [2.75, 3.05) is 7.05 Å². The molecule has 35 heavy (non-hydrogen) atoms. The molecule has 0 bridgehead atoms. The van der Waals surface area contributed by atoms with Gasteiger partial charge in [-0.05, 0) is 30.7 Å². The summed E-state index contributed by atoms with van der Waals surface area (Å²) in [5.74, 6) is -2.32. The van der Waals surface area contributed by atoms with Crippen molar-refractivity contribution in [1.82, 2.24) is 20.1 Å². The predicted octanol–water partition coefficient (Wildman–Crippen LogP) is 4.07. The molecule has 0 aliphatic heterocycles. The van der Waals surface area contributed by atoms with E-state index in [1.807, 2.05) is 0 Å². The van der Waals surface area contributed by atoms with Gasteiger partial charge in [0.1, 0.15) is 11.5 Å². The number of fused-ring (bicyclic) bond motifs is 1. The molecule has 0 saturated carbocycles. The van der Waals surface area contributed by atoms with Crippen LogP contribution in [-0.2, 0) is 12.7 Å². The Bertz CT molecular complexity index is 1460. The number of nitrogens with zero attached hydrogens (tertiary/aromatic N) is 3. The Kier molecular flexibility index (Phi) is 6.01. The molecule has 2 aromatic heterocycles. The molecule has 3 N–H and O–H groups in total. The molecule has 7 nitrogen and oxygen atoms in total. The van der Waals surface area contributed by atoms with Crippen molar-refractivity contribution in [2.45, 2.75) is 19.6 Å². The van der Waals surface area contributed by atoms with E-state index in [1.54, 1.807) is 12.1 Å². The lowest BCUT2D eigenvalue weighted by Crippen LogP contribution is -2.24. The molecule has 0 atom stereocenters. The summed E-state index contributed by atoms with van der Waals surface area (Å²) >= 11 is 0. The van der Waals surface area contributed by atoms with E-state index in [0.717, 1.165) is 4.68 Å². The normalized spacial score (nSPS) is 11.6. The minimum absolute atomic E-state index is 0.0198. The van der Waals surface area contributed by atoms with Gasteiger partial charge in [-0.3, -0.25) is 14.3 Å². The van der Waals surface area contributed by atoms with Crippen molar-refractivity contribution >= 4 is 22.7 Å². The van der Waals surface area contributed by atoms with E-state index in [4.69, 9.17) is 5.73 Å². The zero-order valence-corrected chi connectivity index (χ0v) is 18.6. The summed E-state index contributed by atoms with van der Waals surface area (Å²) in [5.41, 5.74) is 3.56. The fraction of sp³-hybridized carbons (Fsp3) is 0.167. The lowest BCUT2D eigenvalue weighted by atomic mass is 9.92. The molecule has 11 heteroatoms. The lowest BCUT2D eigenvalue weighted by Gasteiger charge is -2.16. The first-order chi connectivity index (χ1) is 16.5. The van der Waals surface area contributed by atoms with E-state index in [-0.39, 0.29) is 34.3 Å². The van der Waals surface area contributed by atoms with Crippen molar-refractivity contribution in [3.8, 4) is 11.1 Å². The largest absolute Gasteiger partial charge is 0.435 e. The van der Waals surface area contributed by atoms with Gasteiger partial charge in [0.2, 0.25) is 5.91 Å². The number of benzene rings is 2. The predicted molar refractivity (Wildman–Crippen MR) is 120 cm³/mol. The number of alkyl halides is 3. The minimum Gasteiger partial charge on any atom is -0.366 e. The molecule has 0 fully saturated rings. The maximum atomic E-state index is 14.2. The van der Waals surface area contributed by atoms with E-state index >= 15 is 0 Å². The number of hydrogen-bond donors (Lipinski definition) is 2. The first-order valence-electron chi connectivity index (χ1n) is 10.4. The van der Waals surface area contributed by atoms with Gasteiger partial charge in [-0.25, -0.2) is 9.37 Å². The number of aromatic nitrogens is 3. The zero-order chi connectivity index (χ0) is 25.5. The molecule has 0 spiro atoms. The Labute approximate surface area is 196 Å². The molecule has 0 radical (unpaired) electrons. The van der Waals surface area contributed by atoms with Crippen molar-refractivity contribution < 1.29 is 27.2 Å². The second-order valence-corrected chi connectivity index (χ2v) is 7.76. The number of amides is 2. The number of carbonyl (C=O) groups is 2. The summed E-state index contributed by atoms with van der Waals surface area (Å²) in [6.45, 7) is 1.27. The highest BCUT2D eigenvalue weighted by molar-refractivity contribution is 6.16. The molecule has 0 saturated heterocycles. The Balaban J connectivity index is 2.09. The SMILES string of the molecule is CNC(=O)c1nc2ccccc2c(C(N)=O)c1-c1c(C(F)(F)F)nn(Cc2ccc(F)cc2)c1C. The number of nitrogens with one attached hydrogen (secondary N) is 1. The standard InChI is InChI=1S/C24H19F4N5O2/c1-12-17(21(24(26,27)28)32-33(12)11-13-7-9-14(25)10-8-13)19-18(22(29)34)15-5-3-4-6-16(15)31-20(19)23(35)30-2/h3-10H,11H2,1-2H3,(H2,29,34)(H,30,35). The topological polar surface area (TPSA) is 103 Å². The Morgan fingerprint density at radius 3 is 2.31 bits per heavy atom. The number of hydrogen-bond acceptors (Lipinski definition) is 4. The van der Waals surface area contributed by atoms with Crippen LogP contribution in [0, 0.1) is 12.7 Å². The minimum atomic E-state index is -4.94. The third-order valence-corrected chi connectivity index (χ3v) is 5.55. The smallest absolute Gasteiger partial charge is 0.366 e. The van der Waals surface area contributed by atoms with Gasteiger partial charge < -0.3 is 11.1 Å². The first kappa shape index (κ1) is 23.9. The number of primary amides is 1. The summed E-state index contributed by atoms with van der Waals surface area (Å²) < 4.78 is 57.0. The van der Waals surface area contributed by atoms with Crippen molar-refractivity contribution in [1.29, 1.82) is 0 Å². The number of rotatable bonds is 5. The van der Waals surface area contributed by atoms with Crippen LogP contribution < -0.4 is 11.1 Å². The molecule has 2 amide bonds. The first-order valence-corrected chi connectivity index (χ1v) is 10.4. The van der Waals surface area contributed by atoms with E-state index in [9.17, 15) is 27.2 Å². The molecule has 180 valence electrons. The molecule has 2 heterocycles. The summed E-state index contributed by atoms with van der Waals surface area (Å²) in [5, 5.41) is 6.32. The second kappa shape index (κ2) is 8.82. The monoisotopic (exact) mass is 485 g/mol. The van der Waals surface area contributed by atoms with Crippen molar-refractivity contribution in [2.24, 2.45) is 5.73 Å². The zero-order valence-electron chi connectivity index (χ0n) is 18.6. The maximum Gasteiger partial charge on any atom is 0.435 e. The maximum absolute atomic E-state index is 14.2. The van der Waals surface area contributed by atoms with Gasteiger partial charge in [-0.2, -0.15) is 18.3 Å². The second-order valence-electron chi connectivity index (χ2n) is 7.76. The molecule has 0 aliphatic rings. The van der Waals surface area contributed by atoms with Crippen LogP contribution in [0.5, 0.6) is 0 Å². The van der Waals surface area contributed by atoms with Gasteiger partial charge in [-0.15, -0.1) is 0 Å². The van der Waals surface area contributed by atoms with Crippen molar-refractivity contribution in [3.05, 3.63) is 82.6 Å². The highest BCUT2D eigenvalue weighted by atomic mass is 19.4. The van der Waals surface area contributed by atoms with Crippen LogP contribution in [0.1, 0.15) is 37.8 Å². The van der Waals surface area contributed by atoms with Crippen LogP contribution in [-0.4, -0.2) is 33.6 Å². The number of nitrogens with two attached hydrogens (primary N) is 1. The average molecular weight is 485 g/mol. The van der Waals surface area contributed by atoms with Crippen LogP contribution in [0.4, 0.5) is 17.6 Å². The highest BCUT2D eigenvalue weighted by Gasteiger charge is 2.41. The Morgan fingerprint density at radius 1 is 1.06 bits per heavy atom. The average Bonchev–Trinajstić information content (AvgIpc) is 3.14. The Hall–Kier alpha value is -4.28. The summed E-state index contributed by atoms with van der Waals surface area (Å²) in [6.07, 6.45) is -4.94. The van der Waals surface area contributed by atoms with Gasteiger partial charge in [0.05, 0.1) is 17.6 Å². The third-order valence-electron chi connectivity index (χ3n) is 5.55. The molecule has 4 aromatic rings. The van der Waals surface area contributed by atoms with Crippen molar-refractivity contribution in [3.63, 3.8) is 0 Å². The molecule has 2 aromatic carbocycles. The van der Waals surface area contributed by atoms with Gasteiger partial charge in [0, 0.05) is 29.3 Å². The number of halogens is 4. The van der Waals surface area contributed by atoms with Crippen LogP contribution in [0.2, 0.25) is 0 Å². The van der Waals surface area contributed by atoms with E-state index in [0.29, 0.717) is 5.56 Å². The summed E-state index contributed by atoms with van der Waals surface area (Å²) in [4.78, 5) is 29.6. The fourth-order valence-electron chi connectivity index (χ4n) is 3.95. The number of carbonyl (C=O) groups excluding carboxylic acids is 2. The molecular weight excluding hydrogens is 466 g/mol. The van der Waals surface area contributed by atoms with Crippen LogP contribution in [0.3, 0.4) is 0 Å². The fourth-order valence-corrected chi connectivity index (χ4v) is 3.95. The third kappa shape index (κ3) is 4.32. The quantitative estimate of drug-likeness (QED) is 0.416. The van der Waals surface area contributed by atoms with Gasteiger partial charge in [0.25, 0.3) is 5.91 Å². The Morgan fingerprint density at radius 2 is 1.71 bits per heavy atom. The molecule has 0 aliphatic carbocycles. The van der Waals surface area contributed by atoms with Crippen LogP contribution in [0.15, 0.2) is 48.5 Å². The molecule has 0 unspecified atom stereocenters. The van der Waals surface area contributed by atoms with E-state index < -0.39 is 40.8 Å². The van der Waals surface area contributed by atoms with E-state index in [1.165, 1.54) is 50.4 Å². The molecular formula is C24H19F4N5O2. The summed E-state index contributed by atoms with van der Waals surface area (Å²) in [6, 6.07) is 11.4.